The van der Waals surface area contributed by atoms with E-state index in [2.05, 4.69) is 22.4 Å². The van der Waals surface area contributed by atoms with Crippen LogP contribution in [-0.4, -0.2) is 16.9 Å². The average molecular weight is 281 g/mol. The lowest BCUT2D eigenvalue weighted by molar-refractivity contribution is -0.120. The minimum Gasteiger partial charge on any atom is -0.306 e. The van der Waals surface area contributed by atoms with Crippen molar-refractivity contribution >= 4 is 11.6 Å². The number of hydrogen-bond donors (Lipinski definition) is 1. The Labute approximate surface area is 124 Å². The van der Waals surface area contributed by atoms with Gasteiger partial charge in [0.25, 0.3) is 0 Å². The lowest BCUT2D eigenvalue weighted by atomic mass is 10.1. The highest BCUT2D eigenvalue weighted by Crippen LogP contribution is 2.25. The predicted molar refractivity (Wildman–Crippen MR) is 82.9 cm³/mol. The number of amides is 1. The number of fused-ring (bicyclic) bond motifs is 1. The Kier molecular flexibility index (Phi) is 3.71. The molecule has 0 spiro atoms. The summed E-state index contributed by atoms with van der Waals surface area (Å²) in [5, 5.41) is 3.27. The SMILES string of the molecule is Cc1cncc(CN2C(=O)C(C)NCc3ccccc32)c1. The van der Waals surface area contributed by atoms with Crippen molar-refractivity contribution in [3.05, 3.63) is 59.4 Å². The van der Waals surface area contributed by atoms with Gasteiger partial charge in [0.1, 0.15) is 0 Å². The molecule has 0 aliphatic carbocycles. The second-order valence-electron chi connectivity index (χ2n) is 5.53. The molecule has 1 N–H and O–H groups in total. The molecule has 1 amide bonds. The summed E-state index contributed by atoms with van der Waals surface area (Å²) < 4.78 is 0. The van der Waals surface area contributed by atoms with Gasteiger partial charge in [-0.05, 0) is 36.6 Å². The first kappa shape index (κ1) is 13.8. The zero-order chi connectivity index (χ0) is 14.8. The fourth-order valence-corrected chi connectivity index (χ4v) is 2.68. The van der Waals surface area contributed by atoms with Gasteiger partial charge < -0.3 is 10.2 Å². The van der Waals surface area contributed by atoms with Crippen LogP contribution in [0.3, 0.4) is 0 Å². The van der Waals surface area contributed by atoms with Crippen molar-refractivity contribution in [2.45, 2.75) is 33.0 Å². The van der Waals surface area contributed by atoms with Gasteiger partial charge in [0.2, 0.25) is 5.91 Å². The molecule has 0 saturated heterocycles. The molecule has 2 heterocycles. The van der Waals surface area contributed by atoms with Crippen LogP contribution in [-0.2, 0) is 17.9 Å². The summed E-state index contributed by atoms with van der Waals surface area (Å²) in [4.78, 5) is 18.7. The van der Waals surface area contributed by atoms with E-state index in [0.29, 0.717) is 13.1 Å². The number of aryl methyl sites for hydroxylation is 1. The van der Waals surface area contributed by atoms with Crippen molar-refractivity contribution in [1.29, 1.82) is 0 Å². The van der Waals surface area contributed by atoms with Gasteiger partial charge in [0, 0.05) is 24.6 Å². The quantitative estimate of drug-likeness (QED) is 0.919. The van der Waals surface area contributed by atoms with Gasteiger partial charge in [-0.3, -0.25) is 9.78 Å². The van der Waals surface area contributed by atoms with E-state index in [0.717, 1.165) is 22.4 Å². The van der Waals surface area contributed by atoms with E-state index in [-0.39, 0.29) is 11.9 Å². The number of pyridine rings is 1. The summed E-state index contributed by atoms with van der Waals surface area (Å²) in [5.74, 6) is 0.0986. The third-order valence-corrected chi connectivity index (χ3v) is 3.79. The van der Waals surface area contributed by atoms with Gasteiger partial charge in [0.05, 0.1) is 12.6 Å². The van der Waals surface area contributed by atoms with Gasteiger partial charge >= 0.3 is 0 Å². The van der Waals surface area contributed by atoms with Crippen LogP contribution < -0.4 is 10.2 Å². The van der Waals surface area contributed by atoms with Crippen molar-refractivity contribution in [2.24, 2.45) is 0 Å². The second kappa shape index (κ2) is 5.66. The molecular weight excluding hydrogens is 262 g/mol. The number of anilines is 1. The molecule has 0 saturated carbocycles. The summed E-state index contributed by atoms with van der Waals surface area (Å²) in [6.07, 6.45) is 3.65. The number of carbonyl (C=O) groups excluding carboxylic acids is 1. The molecule has 1 aromatic heterocycles. The van der Waals surface area contributed by atoms with E-state index in [1.807, 2.05) is 49.3 Å². The minimum atomic E-state index is -0.185. The normalized spacial score (nSPS) is 18.3. The van der Waals surface area contributed by atoms with Crippen LogP contribution in [0.5, 0.6) is 0 Å². The largest absolute Gasteiger partial charge is 0.306 e. The monoisotopic (exact) mass is 281 g/mol. The Hall–Kier alpha value is -2.20. The Morgan fingerprint density at radius 2 is 2.14 bits per heavy atom. The van der Waals surface area contributed by atoms with E-state index in [1.165, 1.54) is 0 Å². The maximum atomic E-state index is 12.6. The summed E-state index contributed by atoms with van der Waals surface area (Å²) in [7, 11) is 0. The molecule has 4 nitrogen and oxygen atoms in total. The lowest BCUT2D eigenvalue weighted by Gasteiger charge is -2.24. The van der Waals surface area contributed by atoms with Crippen molar-refractivity contribution < 1.29 is 4.79 Å². The van der Waals surface area contributed by atoms with Crippen LogP contribution in [0.15, 0.2) is 42.7 Å². The highest BCUT2D eigenvalue weighted by atomic mass is 16.2. The standard InChI is InChI=1S/C17H19N3O/c1-12-7-14(9-18-8-12)11-20-16-6-4-3-5-15(16)10-19-13(2)17(20)21/h3-9,13,19H,10-11H2,1-2H3. The Morgan fingerprint density at radius 1 is 1.33 bits per heavy atom. The molecule has 4 heteroatoms. The zero-order valence-corrected chi connectivity index (χ0v) is 12.3. The van der Waals surface area contributed by atoms with Gasteiger partial charge in [0.15, 0.2) is 0 Å². The van der Waals surface area contributed by atoms with Crippen LogP contribution >= 0.6 is 0 Å². The van der Waals surface area contributed by atoms with Crippen molar-refractivity contribution in [1.82, 2.24) is 10.3 Å². The first-order valence-corrected chi connectivity index (χ1v) is 7.18. The van der Waals surface area contributed by atoms with Crippen LogP contribution in [0, 0.1) is 6.92 Å². The van der Waals surface area contributed by atoms with E-state index in [1.54, 1.807) is 0 Å². The van der Waals surface area contributed by atoms with Crippen LogP contribution in [0.4, 0.5) is 5.69 Å². The second-order valence-corrected chi connectivity index (χ2v) is 5.53. The summed E-state index contributed by atoms with van der Waals surface area (Å²) >= 11 is 0. The maximum absolute atomic E-state index is 12.6. The minimum absolute atomic E-state index is 0.0986. The molecule has 1 aliphatic heterocycles. The number of hydrogen-bond acceptors (Lipinski definition) is 3. The van der Waals surface area contributed by atoms with E-state index in [4.69, 9.17) is 0 Å². The van der Waals surface area contributed by atoms with Crippen molar-refractivity contribution in [2.75, 3.05) is 4.90 Å². The van der Waals surface area contributed by atoms with E-state index < -0.39 is 0 Å². The molecule has 1 aliphatic rings. The number of rotatable bonds is 2. The number of benzene rings is 1. The Bertz CT molecular complexity index is 669. The first-order valence-electron chi connectivity index (χ1n) is 7.18. The molecule has 3 rings (SSSR count). The van der Waals surface area contributed by atoms with Crippen LogP contribution in [0.25, 0.3) is 0 Å². The molecule has 2 aromatic rings. The number of aromatic nitrogens is 1. The van der Waals surface area contributed by atoms with Crippen LogP contribution in [0.1, 0.15) is 23.6 Å². The summed E-state index contributed by atoms with van der Waals surface area (Å²) in [5.41, 5.74) is 4.29. The number of nitrogens with one attached hydrogen (secondary N) is 1. The Balaban J connectivity index is 1.99. The summed E-state index contributed by atoms with van der Waals surface area (Å²) in [6, 6.07) is 9.95. The molecule has 0 radical (unpaired) electrons. The number of nitrogens with zero attached hydrogens (tertiary/aromatic N) is 2. The molecule has 21 heavy (non-hydrogen) atoms. The Morgan fingerprint density at radius 3 is 2.95 bits per heavy atom. The number of carbonyl (C=O) groups is 1. The van der Waals surface area contributed by atoms with Gasteiger partial charge in [-0.1, -0.05) is 24.3 Å². The van der Waals surface area contributed by atoms with Gasteiger partial charge in [-0.2, -0.15) is 0 Å². The van der Waals surface area contributed by atoms with Crippen molar-refractivity contribution in [3.8, 4) is 0 Å². The topological polar surface area (TPSA) is 45.2 Å². The number of para-hydroxylation sites is 1. The maximum Gasteiger partial charge on any atom is 0.244 e. The van der Waals surface area contributed by atoms with Gasteiger partial charge in [-0.25, -0.2) is 0 Å². The molecule has 1 atom stereocenters. The molecule has 108 valence electrons. The third-order valence-electron chi connectivity index (χ3n) is 3.79. The highest BCUT2D eigenvalue weighted by molar-refractivity contribution is 5.98. The third kappa shape index (κ3) is 2.81. The molecule has 1 aromatic carbocycles. The zero-order valence-electron chi connectivity index (χ0n) is 12.3. The fraction of sp³-hybridized carbons (Fsp3) is 0.294. The first-order chi connectivity index (χ1) is 10.1. The van der Waals surface area contributed by atoms with E-state index in [9.17, 15) is 4.79 Å². The molecule has 0 fully saturated rings. The highest BCUT2D eigenvalue weighted by Gasteiger charge is 2.27. The predicted octanol–water partition coefficient (Wildman–Crippen LogP) is 2.41. The summed E-state index contributed by atoms with van der Waals surface area (Å²) in [6.45, 7) is 5.19. The van der Waals surface area contributed by atoms with Crippen molar-refractivity contribution in [3.63, 3.8) is 0 Å². The van der Waals surface area contributed by atoms with E-state index >= 15 is 0 Å². The van der Waals surface area contributed by atoms with Crippen LogP contribution in [0.2, 0.25) is 0 Å². The molecule has 1 unspecified atom stereocenters. The van der Waals surface area contributed by atoms with Gasteiger partial charge in [-0.15, -0.1) is 0 Å². The average Bonchev–Trinajstić information content (AvgIpc) is 2.60. The fourth-order valence-electron chi connectivity index (χ4n) is 2.68. The molecular formula is C17H19N3O. The smallest absolute Gasteiger partial charge is 0.244 e. The molecule has 0 bridgehead atoms. The lowest BCUT2D eigenvalue weighted by Crippen LogP contribution is -2.42.